The Morgan fingerprint density at radius 2 is 2.19 bits per heavy atom. The number of benzene rings is 2. The number of hydrogen-bond acceptors (Lipinski definition) is 4. The molecule has 2 N–H and O–H groups in total. The first-order valence-corrected chi connectivity index (χ1v) is 10.1. The first-order chi connectivity index (χ1) is 13.1. The van der Waals surface area contributed by atoms with Crippen molar-refractivity contribution in [2.24, 2.45) is 0 Å². The van der Waals surface area contributed by atoms with Crippen molar-refractivity contribution in [3.05, 3.63) is 42.2 Å². The molecule has 0 spiro atoms. The fourth-order valence-corrected chi connectivity index (χ4v) is 4.42. The highest BCUT2D eigenvalue weighted by atomic mass is 32.2. The molecule has 4 nitrogen and oxygen atoms in total. The van der Waals surface area contributed by atoms with Crippen molar-refractivity contribution in [3.8, 4) is 17.0 Å². The number of ether oxygens (including phenoxy) is 1. The second-order valence-electron chi connectivity index (χ2n) is 6.70. The number of nitrogens with zero attached hydrogens (tertiary/aromatic N) is 1. The molecule has 27 heavy (non-hydrogen) atoms. The van der Waals surface area contributed by atoms with Crippen LogP contribution in [0.1, 0.15) is 13.3 Å². The number of halogens is 1. The van der Waals surface area contributed by atoms with E-state index in [1.807, 2.05) is 18.2 Å². The molecule has 1 unspecified atom stereocenters. The van der Waals surface area contributed by atoms with Gasteiger partial charge in [0.15, 0.2) is 5.82 Å². The van der Waals surface area contributed by atoms with E-state index in [4.69, 9.17) is 4.74 Å². The van der Waals surface area contributed by atoms with Crippen LogP contribution >= 0.6 is 11.8 Å². The van der Waals surface area contributed by atoms with Crippen molar-refractivity contribution in [1.29, 1.82) is 0 Å². The molecule has 1 aliphatic rings. The number of hydrogen-bond donors (Lipinski definition) is 2. The van der Waals surface area contributed by atoms with Crippen LogP contribution in [0.15, 0.2) is 41.3 Å². The van der Waals surface area contributed by atoms with Crippen molar-refractivity contribution in [1.82, 2.24) is 4.98 Å². The van der Waals surface area contributed by atoms with Crippen LogP contribution in [0.25, 0.3) is 22.2 Å². The molecule has 0 bridgehead atoms. The zero-order valence-electron chi connectivity index (χ0n) is 15.5. The van der Waals surface area contributed by atoms with Gasteiger partial charge in [0.1, 0.15) is 5.75 Å². The SMILES string of the molecule is CCSc1ccc(N2CCC(O)C2)c(-c2[nH]c3c(OC)cccc3c2F)c1. The van der Waals surface area contributed by atoms with Crippen LogP contribution in [0.2, 0.25) is 0 Å². The number of methoxy groups -OCH3 is 1. The number of anilines is 1. The molecular weight excluding hydrogens is 363 g/mol. The van der Waals surface area contributed by atoms with E-state index >= 15 is 4.39 Å². The zero-order valence-corrected chi connectivity index (χ0v) is 16.3. The first-order valence-electron chi connectivity index (χ1n) is 9.16. The predicted molar refractivity (Wildman–Crippen MR) is 109 cm³/mol. The number of para-hydroxylation sites is 1. The number of aliphatic hydroxyl groups is 1. The van der Waals surface area contributed by atoms with Crippen LogP contribution in [0.4, 0.5) is 10.1 Å². The van der Waals surface area contributed by atoms with Crippen LogP contribution in [0.5, 0.6) is 5.75 Å². The van der Waals surface area contributed by atoms with Gasteiger partial charge < -0.3 is 19.7 Å². The van der Waals surface area contributed by atoms with Gasteiger partial charge in [-0.25, -0.2) is 4.39 Å². The number of β-amino-alcohol motifs (C(OH)–C–C–N with tert-alkyl or cyclic N) is 1. The minimum absolute atomic E-state index is 0.274. The second-order valence-corrected chi connectivity index (χ2v) is 8.03. The normalized spacial score (nSPS) is 17.0. The quantitative estimate of drug-likeness (QED) is 0.626. The van der Waals surface area contributed by atoms with Crippen molar-refractivity contribution < 1.29 is 14.2 Å². The van der Waals surface area contributed by atoms with E-state index in [2.05, 4.69) is 22.9 Å². The molecule has 1 aromatic heterocycles. The van der Waals surface area contributed by atoms with Gasteiger partial charge in [0.2, 0.25) is 0 Å². The molecule has 142 valence electrons. The van der Waals surface area contributed by atoms with Crippen molar-refractivity contribution >= 4 is 28.4 Å². The Hall–Kier alpha value is -2.18. The molecule has 4 rings (SSSR count). The van der Waals surface area contributed by atoms with E-state index in [0.29, 0.717) is 28.9 Å². The summed E-state index contributed by atoms with van der Waals surface area (Å²) in [5.74, 6) is 1.29. The third-order valence-electron chi connectivity index (χ3n) is 5.00. The van der Waals surface area contributed by atoms with Gasteiger partial charge in [0.05, 0.1) is 24.4 Å². The van der Waals surface area contributed by atoms with Crippen LogP contribution < -0.4 is 9.64 Å². The highest BCUT2D eigenvalue weighted by molar-refractivity contribution is 7.99. The summed E-state index contributed by atoms with van der Waals surface area (Å²) >= 11 is 1.73. The molecule has 2 aromatic carbocycles. The maximum Gasteiger partial charge on any atom is 0.156 e. The smallest absolute Gasteiger partial charge is 0.156 e. The summed E-state index contributed by atoms with van der Waals surface area (Å²) in [5.41, 5.74) is 2.88. The summed E-state index contributed by atoms with van der Waals surface area (Å²) in [7, 11) is 1.59. The molecule has 3 aromatic rings. The lowest BCUT2D eigenvalue weighted by atomic mass is 10.1. The van der Waals surface area contributed by atoms with Gasteiger partial charge in [-0.2, -0.15) is 0 Å². The number of aliphatic hydroxyl groups excluding tert-OH is 1. The monoisotopic (exact) mass is 386 g/mol. The van der Waals surface area contributed by atoms with E-state index in [1.54, 1.807) is 31.0 Å². The Morgan fingerprint density at radius 1 is 1.33 bits per heavy atom. The average Bonchev–Trinajstić information content (AvgIpc) is 3.25. The van der Waals surface area contributed by atoms with Crippen LogP contribution in [-0.2, 0) is 0 Å². The van der Waals surface area contributed by atoms with E-state index in [9.17, 15) is 5.11 Å². The van der Waals surface area contributed by atoms with E-state index in [0.717, 1.165) is 34.9 Å². The fourth-order valence-electron chi connectivity index (χ4n) is 3.72. The fraction of sp³-hybridized carbons (Fsp3) is 0.333. The zero-order chi connectivity index (χ0) is 19.0. The van der Waals surface area contributed by atoms with Gasteiger partial charge in [0.25, 0.3) is 0 Å². The van der Waals surface area contributed by atoms with Gasteiger partial charge in [0, 0.05) is 34.6 Å². The molecule has 1 fully saturated rings. The van der Waals surface area contributed by atoms with Crippen LogP contribution in [-0.4, -0.2) is 42.1 Å². The number of fused-ring (bicyclic) bond motifs is 1. The number of H-pyrrole nitrogens is 1. The third kappa shape index (κ3) is 3.28. The average molecular weight is 386 g/mol. The molecule has 2 heterocycles. The summed E-state index contributed by atoms with van der Waals surface area (Å²) in [4.78, 5) is 6.47. The summed E-state index contributed by atoms with van der Waals surface area (Å²) in [6, 6.07) is 11.5. The minimum atomic E-state index is -0.338. The lowest BCUT2D eigenvalue weighted by Crippen LogP contribution is -2.21. The largest absolute Gasteiger partial charge is 0.495 e. The Labute approximate surface area is 162 Å². The number of rotatable bonds is 5. The van der Waals surface area contributed by atoms with Gasteiger partial charge >= 0.3 is 0 Å². The number of aromatic nitrogens is 1. The van der Waals surface area contributed by atoms with Gasteiger partial charge in [-0.1, -0.05) is 13.0 Å². The molecule has 1 aliphatic heterocycles. The van der Waals surface area contributed by atoms with E-state index in [1.165, 1.54) is 0 Å². The van der Waals surface area contributed by atoms with Gasteiger partial charge in [-0.05, 0) is 42.5 Å². The molecule has 0 aliphatic carbocycles. The molecule has 0 radical (unpaired) electrons. The summed E-state index contributed by atoms with van der Waals surface area (Å²) in [6.45, 7) is 3.43. The van der Waals surface area contributed by atoms with E-state index < -0.39 is 0 Å². The highest BCUT2D eigenvalue weighted by Crippen LogP contribution is 2.40. The maximum atomic E-state index is 15.3. The summed E-state index contributed by atoms with van der Waals surface area (Å²) in [6.07, 6.45) is 0.392. The van der Waals surface area contributed by atoms with Crippen LogP contribution in [0.3, 0.4) is 0 Å². The highest BCUT2D eigenvalue weighted by Gasteiger charge is 2.25. The van der Waals surface area contributed by atoms with E-state index in [-0.39, 0.29) is 11.9 Å². The predicted octanol–water partition coefficient (Wildman–Crippen LogP) is 4.67. The standard InChI is InChI=1S/C21H23FN2O2S/c1-3-27-14-7-8-17(24-10-9-13(25)12-24)16(11-14)21-19(22)15-5-4-6-18(26-2)20(15)23-21/h4-8,11,13,23,25H,3,9-10,12H2,1-2H3. The Morgan fingerprint density at radius 3 is 2.89 bits per heavy atom. The van der Waals surface area contributed by atoms with Crippen molar-refractivity contribution in [2.75, 3.05) is 30.9 Å². The minimum Gasteiger partial charge on any atom is -0.495 e. The third-order valence-corrected chi connectivity index (χ3v) is 5.88. The summed E-state index contributed by atoms with van der Waals surface area (Å²) in [5, 5.41) is 10.5. The van der Waals surface area contributed by atoms with Crippen molar-refractivity contribution in [3.63, 3.8) is 0 Å². The molecule has 0 saturated carbocycles. The molecule has 1 saturated heterocycles. The number of thioether (sulfide) groups is 1. The Balaban J connectivity index is 1.90. The molecule has 0 amide bonds. The topological polar surface area (TPSA) is 48.5 Å². The second kappa shape index (κ2) is 7.44. The van der Waals surface area contributed by atoms with Gasteiger partial charge in [-0.15, -0.1) is 11.8 Å². The Bertz CT molecular complexity index is 972. The number of aromatic amines is 1. The first kappa shape index (κ1) is 18.2. The lowest BCUT2D eigenvalue weighted by Gasteiger charge is -2.22. The maximum absolute atomic E-state index is 15.3. The molecule has 6 heteroatoms. The van der Waals surface area contributed by atoms with Crippen molar-refractivity contribution in [2.45, 2.75) is 24.3 Å². The number of nitrogens with one attached hydrogen (secondary N) is 1. The van der Waals surface area contributed by atoms with Gasteiger partial charge in [-0.3, -0.25) is 0 Å². The lowest BCUT2D eigenvalue weighted by molar-refractivity contribution is 0.198. The summed E-state index contributed by atoms with van der Waals surface area (Å²) < 4.78 is 20.7. The molecule has 1 atom stereocenters. The Kier molecular flexibility index (Phi) is 5.02. The van der Waals surface area contributed by atoms with Crippen LogP contribution in [0, 0.1) is 5.82 Å². The molecular formula is C21H23FN2O2S.